The standard InChI is InChI=1S/C26H31N3O3S/c1-19-25(33(27,31)32)16-24(29(19)18-21-11-6-3-7-12-21)22-13-8-14-23(15-22)26(30)28-17-20-9-4-2-5-10-20/h2,4-5,8-10,13-16,21H,3,6-7,11-12,17-18H2,1H3,(H,28,30)(H2,27,31,32). The molecule has 174 valence electrons. The van der Waals surface area contributed by atoms with E-state index in [0.29, 0.717) is 23.7 Å². The fourth-order valence-corrected chi connectivity index (χ4v) is 5.51. The highest BCUT2D eigenvalue weighted by molar-refractivity contribution is 7.89. The number of nitrogens with two attached hydrogens (primary N) is 1. The van der Waals surface area contributed by atoms with E-state index in [1.807, 2.05) is 55.5 Å². The first-order valence-electron chi connectivity index (χ1n) is 11.5. The fourth-order valence-electron chi connectivity index (χ4n) is 4.71. The maximum atomic E-state index is 12.8. The lowest BCUT2D eigenvalue weighted by atomic mass is 9.89. The summed E-state index contributed by atoms with van der Waals surface area (Å²) in [6.45, 7) is 3.00. The number of sulfonamides is 1. The second kappa shape index (κ2) is 9.93. The van der Waals surface area contributed by atoms with Gasteiger partial charge in [-0.2, -0.15) is 0 Å². The molecule has 3 aromatic rings. The molecule has 7 heteroatoms. The minimum atomic E-state index is -3.85. The maximum absolute atomic E-state index is 12.8. The molecule has 0 saturated heterocycles. The van der Waals surface area contributed by atoms with E-state index in [9.17, 15) is 13.2 Å². The van der Waals surface area contributed by atoms with E-state index < -0.39 is 10.0 Å². The third-order valence-corrected chi connectivity index (χ3v) is 7.53. The van der Waals surface area contributed by atoms with Crippen LogP contribution in [-0.4, -0.2) is 18.9 Å². The molecule has 1 fully saturated rings. The Balaban J connectivity index is 1.64. The number of nitrogens with zero attached hydrogens (tertiary/aromatic N) is 1. The van der Waals surface area contributed by atoms with Crippen molar-refractivity contribution in [2.75, 3.05) is 0 Å². The van der Waals surface area contributed by atoms with Crippen molar-refractivity contribution < 1.29 is 13.2 Å². The first kappa shape index (κ1) is 23.3. The van der Waals surface area contributed by atoms with E-state index in [4.69, 9.17) is 5.14 Å². The normalized spacial score (nSPS) is 14.8. The van der Waals surface area contributed by atoms with Crippen LogP contribution in [0.5, 0.6) is 0 Å². The van der Waals surface area contributed by atoms with Crippen molar-refractivity contribution in [3.05, 3.63) is 77.5 Å². The Hall–Kier alpha value is -2.90. The van der Waals surface area contributed by atoms with E-state index in [1.165, 1.54) is 19.3 Å². The van der Waals surface area contributed by atoms with Crippen LogP contribution in [0.15, 0.2) is 65.6 Å². The summed E-state index contributed by atoms with van der Waals surface area (Å²) in [7, 11) is -3.85. The second-order valence-corrected chi connectivity index (χ2v) is 10.4. The Morgan fingerprint density at radius 2 is 1.76 bits per heavy atom. The van der Waals surface area contributed by atoms with E-state index in [2.05, 4.69) is 9.88 Å². The predicted molar refractivity (Wildman–Crippen MR) is 130 cm³/mol. The zero-order chi connectivity index (χ0) is 23.4. The molecular weight excluding hydrogens is 434 g/mol. The summed E-state index contributed by atoms with van der Waals surface area (Å²) in [5.41, 5.74) is 3.79. The van der Waals surface area contributed by atoms with Crippen LogP contribution in [0.4, 0.5) is 0 Å². The van der Waals surface area contributed by atoms with Gasteiger partial charge in [0.15, 0.2) is 0 Å². The molecule has 3 N–H and O–H groups in total. The molecule has 0 atom stereocenters. The molecule has 0 unspecified atom stereocenters. The maximum Gasteiger partial charge on any atom is 0.251 e. The molecule has 0 spiro atoms. The second-order valence-electron chi connectivity index (χ2n) is 8.89. The van der Waals surface area contributed by atoms with Crippen LogP contribution in [0.2, 0.25) is 0 Å². The summed E-state index contributed by atoms with van der Waals surface area (Å²) in [6.07, 6.45) is 5.96. The summed E-state index contributed by atoms with van der Waals surface area (Å²) < 4.78 is 26.5. The Kier molecular flexibility index (Phi) is 7.00. The summed E-state index contributed by atoms with van der Waals surface area (Å²) in [4.78, 5) is 12.9. The van der Waals surface area contributed by atoms with Gasteiger partial charge in [0.2, 0.25) is 10.0 Å². The monoisotopic (exact) mass is 465 g/mol. The minimum absolute atomic E-state index is 0.146. The number of carbonyl (C=O) groups is 1. The topological polar surface area (TPSA) is 94.2 Å². The Morgan fingerprint density at radius 1 is 1.03 bits per heavy atom. The van der Waals surface area contributed by atoms with Crippen LogP contribution in [0.25, 0.3) is 11.3 Å². The number of aromatic nitrogens is 1. The Bertz CT molecular complexity index is 1230. The Morgan fingerprint density at radius 3 is 2.45 bits per heavy atom. The van der Waals surface area contributed by atoms with Crippen molar-refractivity contribution >= 4 is 15.9 Å². The van der Waals surface area contributed by atoms with Gasteiger partial charge in [-0.25, -0.2) is 13.6 Å². The van der Waals surface area contributed by atoms with Crippen molar-refractivity contribution in [3.63, 3.8) is 0 Å². The molecular formula is C26H31N3O3S. The summed E-state index contributed by atoms with van der Waals surface area (Å²) >= 11 is 0. The number of rotatable bonds is 7. The molecule has 1 amide bonds. The average molecular weight is 466 g/mol. The largest absolute Gasteiger partial charge is 0.348 e. The highest BCUT2D eigenvalue weighted by Gasteiger charge is 2.23. The molecule has 4 rings (SSSR count). The van der Waals surface area contributed by atoms with Gasteiger partial charge >= 0.3 is 0 Å². The number of nitrogens with one attached hydrogen (secondary N) is 1. The molecule has 1 aromatic heterocycles. The molecule has 0 aliphatic heterocycles. The number of hydrogen-bond donors (Lipinski definition) is 2. The quantitative estimate of drug-likeness (QED) is 0.533. The lowest BCUT2D eigenvalue weighted by molar-refractivity contribution is 0.0951. The lowest BCUT2D eigenvalue weighted by Crippen LogP contribution is -2.22. The van der Waals surface area contributed by atoms with Gasteiger partial charge in [-0.05, 0) is 55.0 Å². The van der Waals surface area contributed by atoms with Gasteiger partial charge in [-0.15, -0.1) is 0 Å². The van der Waals surface area contributed by atoms with Gasteiger partial charge in [-0.1, -0.05) is 61.7 Å². The molecule has 1 heterocycles. The summed E-state index contributed by atoms with van der Waals surface area (Å²) in [5.74, 6) is 0.337. The summed E-state index contributed by atoms with van der Waals surface area (Å²) in [6, 6.07) is 18.7. The third-order valence-electron chi connectivity index (χ3n) is 6.51. The van der Waals surface area contributed by atoms with Crippen molar-refractivity contribution in [2.24, 2.45) is 11.1 Å². The Labute approximate surface area is 195 Å². The van der Waals surface area contributed by atoms with Crippen molar-refractivity contribution in [3.8, 4) is 11.3 Å². The number of primary sulfonamides is 1. The highest BCUT2D eigenvalue weighted by atomic mass is 32.2. The van der Waals surface area contributed by atoms with Crippen LogP contribution in [0, 0.1) is 12.8 Å². The van der Waals surface area contributed by atoms with Crippen molar-refractivity contribution in [2.45, 2.75) is 57.0 Å². The van der Waals surface area contributed by atoms with Crippen LogP contribution in [0.3, 0.4) is 0 Å². The molecule has 2 aromatic carbocycles. The average Bonchev–Trinajstić information content (AvgIpc) is 3.15. The van der Waals surface area contributed by atoms with Gasteiger partial charge < -0.3 is 9.88 Å². The number of hydrogen-bond acceptors (Lipinski definition) is 3. The highest BCUT2D eigenvalue weighted by Crippen LogP contribution is 2.32. The molecule has 1 saturated carbocycles. The number of amides is 1. The molecule has 1 aliphatic rings. The number of carbonyl (C=O) groups excluding carboxylic acids is 1. The van der Waals surface area contributed by atoms with Gasteiger partial charge in [0.25, 0.3) is 5.91 Å². The predicted octanol–water partition coefficient (Wildman–Crippen LogP) is 4.62. The van der Waals surface area contributed by atoms with Gasteiger partial charge in [-0.3, -0.25) is 4.79 Å². The van der Waals surface area contributed by atoms with E-state index in [0.717, 1.165) is 36.2 Å². The number of benzene rings is 2. The van der Waals surface area contributed by atoms with E-state index in [1.54, 1.807) is 12.1 Å². The lowest BCUT2D eigenvalue weighted by Gasteiger charge is -2.24. The fraction of sp³-hybridized carbons (Fsp3) is 0.346. The first-order valence-corrected chi connectivity index (χ1v) is 13.0. The van der Waals surface area contributed by atoms with Crippen molar-refractivity contribution in [1.29, 1.82) is 0 Å². The van der Waals surface area contributed by atoms with Gasteiger partial charge in [0, 0.05) is 30.0 Å². The van der Waals surface area contributed by atoms with Crippen LogP contribution < -0.4 is 10.5 Å². The third kappa shape index (κ3) is 5.54. The SMILES string of the molecule is Cc1c(S(N)(=O)=O)cc(-c2cccc(C(=O)NCc3ccccc3)c2)n1CC1CCCCC1. The van der Waals surface area contributed by atoms with Crippen LogP contribution >= 0.6 is 0 Å². The molecule has 1 aliphatic carbocycles. The minimum Gasteiger partial charge on any atom is -0.348 e. The van der Waals surface area contributed by atoms with Crippen LogP contribution in [-0.2, 0) is 23.1 Å². The zero-order valence-electron chi connectivity index (χ0n) is 19.0. The zero-order valence-corrected chi connectivity index (χ0v) is 19.8. The van der Waals surface area contributed by atoms with Crippen molar-refractivity contribution in [1.82, 2.24) is 9.88 Å². The van der Waals surface area contributed by atoms with Crippen LogP contribution in [0.1, 0.15) is 53.7 Å². The summed E-state index contributed by atoms with van der Waals surface area (Å²) in [5, 5.41) is 8.47. The molecule has 0 radical (unpaired) electrons. The molecule has 6 nitrogen and oxygen atoms in total. The van der Waals surface area contributed by atoms with Gasteiger partial charge in [0.05, 0.1) is 0 Å². The van der Waals surface area contributed by atoms with E-state index in [-0.39, 0.29) is 10.8 Å². The van der Waals surface area contributed by atoms with E-state index >= 15 is 0 Å². The molecule has 33 heavy (non-hydrogen) atoms. The first-order chi connectivity index (χ1) is 15.8. The van der Waals surface area contributed by atoms with Gasteiger partial charge in [0.1, 0.15) is 4.90 Å². The molecule has 0 bridgehead atoms. The smallest absolute Gasteiger partial charge is 0.251 e.